The molecule has 0 aliphatic carbocycles. The first kappa shape index (κ1) is 16.5. The number of amides is 1. The van der Waals surface area contributed by atoms with E-state index in [-0.39, 0.29) is 11.8 Å². The monoisotopic (exact) mass is 330 g/mol. The number of carbonyl (C=O) groups excluding carboxylic acids is 1. The van der Waals surface area contributed by atoms with Crippen LogP contribution < -0.4 is 0 Å². The Morgan fingerprint density at radius 1 is 1.33 bits per heavy atom. The number of carbonyl (C=O) groups is 1. The Bertz CT molecular complexity index is 599. The average Bonchev–Trinajstić information content (AvgIpc) is 2.96. The van der Waals surface area contributed by atoms with E-state index in [4.69, 9.17) is 0 Å². The molecule has 5 nitrogen and oxygen atoms in total. The molecule has 0 spiro atoms. The zero-order valence-electron chi connectivity index (χ0n) is 12.7. The van der Waals surface area contributed by atoms with Gasteiger partial charge in [-0.3, -0.25) is 4.79 Å². The van der Waals surface area contributed by atoms with Gasteiger partial charge in [-0.15, -0.1) is 11.3 Å². The highest BCUT2D eigenvalue weighted by molar-refractivity contribution is 7.91. The summed E-state index contributed by atoms with van der Waals surface area (Å²) in [7, 11) is 0.0852. The first-order chi connectivity index (χ1) is 9.86. The van der Waals surface area contributed by atoms with Gasteiger partial charge in [0.2, 0.25) is 5.91 Å². The Hall–Kier alpha value is -0.920. The van der Waals surface area contributed by atoms with E-state index in [0.29, 0.717) is 30.1 Å². The molecular formula is C14H22N2O3S2. The summed E-state index contributed by atoms with van der Waals surface area (Å²) < 4.78 is 27.1. The summed E-state index contributed by atoms with van der Waals surface area (Å²) >= 11 is 1.34. The van der Waals surface area contributed by atoms with Crippen LogP contribution in [-0.2, 0) is 21.2 Å². The smallest absolute Gasteiger partial charge is 0.252 e. The lowest BCUT2D eigenvalue weighted by Crippen LogP contribution is -2.42. The minimum Gasteiger partial charge on any atom is -0.349 e. The molecule has 2 rings (SSSR count). The molecule has 0 radical (unpaired) electrons. The fourth-order valence-corrected chi connectivity index (χ4v) is 5.44. The van der Waals surface area contributed by atoms with E-state index < -0.39 is 10.0 Å². The second-order valence-corrected chi connectivity index (χ2v) is 8.82. The largest absolute Gasteiger partial charge is 0.349 e. The van der Waals surface area contributed by atoms with Crippen molar-refractivity contribution in [2.24, 2.45) is 5.92 Å². The van der Waals surface area contributed by atoms with Gasteiger partial charge in [0.1, 0.15) is 4.21 Å². The van der Waals surface area contributed by atoms with E-state index in [9.17, 15) is 13.2 Å². The van der Waals surface area contributed by atoms with Gasteiger partial charge in [0.15, 0.2) is 0 Å². The number of rotatable bonds is 4. The molecule has 1 amide bonds. The number of thiophene rings is 1. The van der Waals surface area contributed by atoms with Crippen molar-refractivity contribution in [1.82, 2.24) is 9.21 Å². The van der Waals surface area contributed by atoms with E-state index in [1.165, 1.54) is 15.6 Å². The Kier molecular flexibility index (Phi) is 5.06. The van der Waals surface area contributed by atoms with E-state index in [1.54, 1.807) is 25.1 Å². The number of sulfonamides is 1. The van der Waals surface area contributed by atoms with Gasteiger partial charge < -0.3 is 4.90 Å². The third kappa shape index (κ3) is 3.46. The van der Waals surface area contributed by atoms with Crippen LogP contribution in [0.5, 0.6) is 0 Å². The lowest BCUT2D eigenvalue weighted by Gasteiger charge is -2.31. The molecule has 0 bridgehead atoms. The molecule has 0 saturated carbocycles. The second-order valence-electron chi connectivity index (χ2n) is 5.49. The fraction of sp³-hybridized carbons (Fsp3) is 0.643. The lowest BCUT2D eigenvalue weighted by atomic mass is 9.97. The highest BCUT2D eigenvalue weighted by Gasteiger charge is 2.33. The van der Waals surface area contributed by atoms with Crippen LogP contribution in [0.2, 0.25) is 0 Å². The van der Waals surface area contributed by atoms with Crippen molar-refractivity contribution in [3.05, 3.63) is 17.0 Å². The molecule has 1 aliphatic heterocycles. The number of aryl methyl sites for hydroxylation is 1. The number of piperidine rings is 1. The quantitative estimate of drug-likeness (QED) is 0.846. The van der Waals surface area contributed by atoms with Crippen LogP contribution in [0.3, 0.4) is 0 Å². The molecule has 1 fully saturated rings. The van der Waals surface area contributed by atoms with Crippen molar-refractivity contribution in [1.29, 1.82) is 0 Å². The normalized spacial score (nSPS) is 17.9. The summed E-state index contributed by atoms with van der Waals surface area (Å²) in [5.41, 5.74) is 0. The fourth-order valence-electron chi connectivity index (χ4n) is 2.52. The maximum Gasteiger partial charge on any atom is 0.252 e. The molecule has 0 N–H and O–H groups in total. The Morgan fingerprint density at radius 2 is 1.95 bits per heavy atom. The SMILES string of the molecule is CCc1ccc(S(=O)(=O)N2CCC(C(=O)N(C)C)CC2)s1. The summed E-state index contributed by atoms with van der Waals surface area (Å²) in [4.78, 5) is 14.6. The molecular weight excluding hydrogens is 308 g/mol. The van der Waals surface area contributed by atoms with Crippen LogP contribution in [0.25, 0.3) is 0 Å². The summed E-state index contributed by atoms with van der Waals surface area (Å²) in [6.45, 7) is 2.86. The minimum absolute atomic E-state index is 0.0546. The minimum atomic E-state index is -3.39. The maximum atomic E-state index is 12.6. The number of nitrogens with zero attached hydrogens (tertiary/aromatic N) is 2. The Balaban J connectivity index is 2.06. The second kappa shape index (κ2) is 6.46. The summed E-state index contributed by atoms with van der Waals surface area (Å²) in [5.74, 6) is 0.0393. The van der Waals surface area contributed by atoms with Crippen LogP contribution in [-0.4, -0.2) is 50.7 Å². The van der Waals surface area contributed by atoms with Crippen molar-refractivity contribution >= 4 is 27.3 Å². The van der Waals surface area contributed by atoms with Gasteiger partial charge >= 0.3 is 0 Å². The van der Waals surface area contributed by atoms with Gasteiger partial charge in [0, 0.05) is 38.0 Å². The van der Waals surface area contributed by atoms with Crippen molar-refractivity contribution in [3.63, 3.8) is 0 Å². The molecule has 0 unspecified atom stereocenters. The predicted molar refractivity (Wildman–Crippen MR) is 83.9 cm³/mol. The molecule has 1 aliphatic rings. The van der Waals surface area contributed by atoms with Gasteiger partial charge in [-0.1, -0.05) is 6.92 Å². The van der Waals surface area contributed by atoms with Crippen LogP contribution in [0.15, 0.2) is 16.3 Å². The molecule has 1 saturated heterocycles. The highest BCUT2D eigenvalue weighted by Crippen LogP contribution is 2.29. The Morgan fingerprint density at radius 3 is 2.43 bits per heavy atom. The zero-order chi connectivity index (χ0) is 15.6. The molecule has 118 valence electrons. The van der Waals surface area contributed by atoms with Crippen molar-refractivity contribution in [2.45, 2.75) is 30.4 Å². The van der Waals surface area contributed by atoms with Gasteiger partial charge in [-0.25, -0.2) is 8.42 Å². The first-order valence-electron chi connectivity index (χ1n) is 7.16. The highest BCUT2D eigenvalue weighted by atomic mass is 32.2. The first-order valence-corrected chi connectivity index (χ1v) is 9.42. The maximum absolute atomic E-state index is 12.6. The third-order valence-electron chi connectivity index (χ3n) is 3.82. The van der Waals surface area contributed by atoms with Gasteiger partial charge in [0.05, 0.1) is 0 Å². The van der Waals surface area contributed by atoms with Crippen LogP contribution in [0.1, 0.15) is 24.6 Å². The van der Waals surface area contributed by atoms with Crippen molar-refractivity contribution in [2.75, 3.05) is 27.2 Å². The van der Waals surface area contributed by atoms with E-state index in [0.717, 1.165) is 11.3 Å². The van der Waals surface area contributed by atoms with Crippen molar-refractivity contribution in [3.8, 4) is 0 Å². The van der Waals surface area contributed by atoms with Crippen LogP contribution in [0.4, 0.5) is 0 Å². The molecule has 1 aromatic rings. The number of hydrogen-bond donors (Lipinski definition) is 0. The topological polar surface area (TPSA) is 57.7 Å². The molecule has 0 aromatic carbocycles. The van der Waals surface area contributed by atoms with E-state index in [2.05, 4.69) is 0 Å². The van der Waals surface area contributed by atoms with Crippen LogP contribution in [0, 0.1) is 5.92 Å². The molecule has 7 heteroatoms. The van der Waals surface area contributed by atoms with Gasteiger partial charge in [0.25, 0.3) is 10.0 Å². The molecule has 21 heavy (non-hydrogen) atoms. The summed E-state index contributed by atoms with van der Waals surface area (Å²) in [5, 5.41) is 0. The van der Waals surface area contributed by atoms with Gasteiger partial charge in [-0.05, 0) is 31.4 Å². The van der Waals surface area contributed by atoms with E-state index >= 15 is 0 Å². The third-order valence-corrected chi connectivity index (χ3v) is 7.42. The summed E-state index contributed by atoms with van der Waals surface area (Å²) in [6.07, 6.45) is 2.05. The molecule has 0 atom stereocenters. The lowest BCUT2D eigenvalue weighted by molar-refractivity contribution is -0.134. The van der Waals surface area contributed by atoms with Gasteiger partial charge in [-0.2, -0.15) is 4.31 Å². The van der Waals surface area contributed by atoms with Crippen molar-refractivity contribution < 1.29 is 13.2 Å². The standard InChI is InChI=1S/C14H22N2O3S2/c1-4-12-5-6-13(20-12)21(18,19)16-9-7-11(8-10-16)14(17)15(2)3/h5-6,11H,4,7-10H2,1-3H3. The zero-order valence-corrected chi connectivity index (χ0v) is 14.3. The summed E-state index contributed by atoms with van der Waals surface area (Å²) in [6, 6.07) is 3.57. The molecule has 2 heterocycles. The number of hydrogen-bond acceptors (Lipinski definition) is 4. The van der Waals surface area contributed by atoms with Crippen LogP contribution >= 0.6 is 11.3 Å². The Labute approximate surface area is 130 Å². The molecule has 1 aromatic heterocycles. The average molecular weight is 330 g/mol. The van der Waals surface area contributed by atoms with E-state index in [1.807, 2.05) is 13.0 Å². The predicted octanol–water partition coefficient (Wildman–Crippen LogP) is 1.80.